The molecule has 17 heavy (non-hydrogen) atoms. The van der Waals surface area contributed by atoms with Crippen LogP contribution in [0.5, 0.6) is 0 Å². The van der Waals surface area contributed by atoms with Crippen LogP contribution in [0.3, 0.4) is 0 Å². The van der Waals surface area contributed by atoms with Crippen LogP contribution in [0.2, 0.25) is 0 Å². The Hall–Kier alpha value is -1.54. The smallest absolute Gasteiger partial charge is 0.154 e. The van der Waals surface area contributed by atoms with Gasteiger partial charge >= 0.3 is 0 Å². The van der Waals surface area contributed by atoms with Gasteiger partial charge in [-0.3, -0.25) is 4.79 Å². The largest absolute Gasteiger partial charge is 0.298 e. The number of benzene rings is 2. The highest BCUT2D eigenvalue weighted by Crippen LogP contribution is 2.36. The molecule has 2 rings (SSSR count). The van der Waals surface area contributed by atoms with Gasteiger partial charge in [-0.25, -0.2) is 0 Å². The van der Waals surface area contributed by atoms with Crippen molar-refractivity contribution in [2.45, 2.75) is 11.7 Å². The monoisotopic (exact) mass is 242 g/mol. The molecule has 0 atom stereocenters. The Morgan fingerprint density at radius 2 is 1.24 bits per heavy atom. The van der Waals surface area contributed by atoms with Gasteiger partial charge in [0.1, 0.15) is 4.75 Å². The minimum atomic E-state index is -0.859. The fourth-order valence-corrected chi connectivity index (χ4v) is 2.23. The van der Waals surface area contributed by atoms with Crippen LogP contribution in [-0.2, 0) is 9.54 Å². The SMILES string of the molecule is CC(=O)C(S)(c1ccccc1)c1ccccc1. The molecule has 0 aliphatic rings. The summed E-state index contributed by atoms with van der Waals surface area (Å²) in [5, 5.41) is 0. The standard InChI is InChI=1S/C15H14OS/c1-12(16)15(17,13-8-4-2-5-9-13)14-10-6-3-7-11-14/h2-11,17H,1H3. The van der Waals surface area contributed by atoms with Gasteiger partial charge in [0, 0.05) is 0 Å². The van der Waals surface area contributed by atoms with Crippen molar-refractivity contribution in [2.24, 2.45) is 0 Å². The third-order valence-corrected chi connectivity index (χ3v) is 3.72. The van der Waals surface area contributed by atoms with Crippen LogP contribution >= 0.6 is 12.6 Å². The summed E-state index contributed by atoms with van der Waals surface area (Å²) >= 11 is 4.64. The molecule has 2 aromatic carbocycles. The second-order valence-electron chi connectivity index (χ2n) is 4.00. The number of thiol groups is 1. The summed E-state index contributed by atoms with van der Waals surface area (Å²) in [6.45, 7) is 1.58. The highest BCUT2D eigenvalue weighted by atomic mass is 32.1. The highest BCUT2D eigenvalue weighted by Gasteiger charge is 2.34. The van der Waals surface area contributed by atoms with E-state index in [9.17, 15) is 4.79 Å². The van der Waals surface area contributed by atoms with Gasteiger partial charge in [0.05, 0.1) is 0 Å². The van der Waals surface area contributed by atoms with Gasteiger partial charge in [0.2, 0.25) is 0 Å². The van der Waals surface area contributed by atoms with Crippen LogP contribution in [0.25, 0.3) is 0 Å². The van der Waals surface area contributed by atoms with Crippen LogP contribution in [0.15, 0.2) is 60.7 Å². The summed E-state index contributed by atoms with van der Waals surface area (Å²) in [6.07, 6.45) is 0. The van der Waals surface area contributed by atoms with Crippen molar-refractivity contribution in [1.82, 2.24) is 0 Å². The van der Waals surface area contributed by atoms with Gasteiger partial charge in [-0.1, -0.05) is 60.7 Å². The highest BCUT2D eigenvalue weighted by molar-refractivity contribution is 7.82. The van der Waals surface area contributed by atoms with Crippen molar-refractivity contribution < 1.29 is 4.79 Å². The number of carbonyl (C=O) groups is 1. The third kappa shape index (κ3) is 2.13. The summed E-state index contributed by atoms with van der Waals surface area (Å²) in [4.78, 5) is 12.0. The van der Waals surface area contributed by atoms with E-state index in [1.165, 1.54) is 0 Å². The lowest BCUT2D eigenvalue weighted by molar-refractivity contribution is -0.118. The van der Waals surface area contributed by atoms with Crippen molar-refractivity contribution >= 4 is 18.4 Å². The number of hydrogen-bond donors (Lipinski definition) is 1. The van der Waals surface area contributed by atoms with Gasteiger partial charge in [-0.05, 0) is 18.1 Å². The minimum absolute atomic E-state index is 0.0261. The molecule has 0 N–H and O–H groups in total. The van der Waals surface area contributed by atoms with Gasteiger partial charge < -0.3 is 0 Å². The molecular formula is C15H14OS. The molecule has 0 bridgehead atoms. The van der Waals surface area contributed by atoms with E-state index in [0.29, 0.717) is 0 Å². The van der Waals surface area contributed by atoms with Crippen molar-refractivity contribution in [3.8, 4) is 0 Å². The maximum Gasteiger partial charge on any atom is 0.154 e. The van der Waals surface area contributed by atoms with Crippen LogP contribution in [0.4, 0.5) is 0 Å². The molecule has 0 amide bonds. The molecule has 0 aliphatic carbocycles. The zero-order chi connectivity index (χ0) is 12.3. The fourth-order valence-electron chi connectivity index (χ4n) is 1.93. The van der Waals surface area contributed by atoms with Crippen molar-refractivity contribution in [2.75, 3.05) is 0 Å². The third-order valence-electron chi connectivity index (χ3n) is 2.89. The molecule has 0 aromatic heterocycles. The van der Waals surface area contributed by atoms with E-state index in [2.05, 4.69) is 12.6 Å². The van der Waals surface area contributed by atoms with E-state index in [4.69, 9.17) is 0 Å². The lowest BCUT2D eigenvalue weighted by atomic mass is 9.87. The molecule has 0 unspecified atom stereocenters. The molecule has 0 saturated carbocycles. The molecule has 0 aliphatic heterocycles. The predicted molar refractivity (Wildman–Crippen MR) is 73.3 cm³/mol. The molecule has 0 spiro atoms. The molecule has 0 saturated heterocycles. The first kappa shape index (κ1) is 11.9. The van der Waals surface area contributed by atoms with E-state index >= 15 is 0 Å². The molecule has 0 fully saturated rings. The second-order valence-corrected chi connectivity index (χ2v) is 4.67. The van der Waals surface area contributed by atoms with Crippen molar-refractivity contribution in [3.05, 3.63) is 71.8 Å². The van der Waals surface area contributed by atoms with Crippen molar-refractivity contribution in [1.29, 1.82) is 0 Å². The van der Waals surface area contributed by atoms with Gasteiger partial charge in [-0.2, -0.15) is 12.6 Å². The quantitative estimate of drug-likeness (QED) is 0.816. The first-order valence-electron chi connectivity index (χ1n) is 5.50. The van der Waals surface area contributed by atoms with Crippen LogP contribution in [0.1, 0.15) is 18.1 Å². The Morgan fingerprint density at radius 1 is 0.882 bits per heavy atom. The van der Waals surface area contributed by atoms with Crippen LogP contribution in [-0.4, -0.2) is 5.78 Å². The van der Waals surface area contributed by atoms with E-state index in [1.54, 1.807) is 6.92 Å². The average Bonchev–Trinajstić information content (AvgIpc) is 2.39. The van der Waals surface area contributed by atoms with E-state index in [0.717, 1.165) is 11.1 Å². The molecule has 86 valence electrons. The van der Waals surface area contributed by atoms with Gasteiger partial charge in [0.15, 0.2) is 5.78 Å². The van der Waals surface area contributed by atoms with Crippen LogP contribution in [0, 0.1) is 0 Å². The van der Waals surface area contributed by atoms with Gasteiger partial charge in [-0.15, -0.1) is 0 Å². The molecule has 2 aromatic rings. The Bertz CT molecular complexity index is 465. The number of hydrogen-bond acceptors (Lipinski definition) is 2. The van der Waals surface area contributed by atoms with Crippen molar-refractivity contribution in [3.63, 3.8) is 0 Å². The molecule has 1 nitrogen and oxygen atoms in total. The number of carbonyl (C=O) groups excluding carboxylic acids is 1. The zero-order valence-electron chi connectivity index (χ0n) is 9.63. The van der Waals surface area contributed by atoms with E-state index < -0.39 is 4.75 Å². The lowest BCUT2D eigenvalue weighted by Gasteiger charge is -2.26. The normalized spacial score (nSPS) is 11.2. The Kier molecular flexibility index (Phi) is 3.34. The average molecular weight is 242 g/mol. The molecule has 0 radical (unpaired) electrons. The molecule has 0 heterocycles. The lowest BCUT2D eigenvalue weighted by Crippen LogP contribution is -2.29. The van der Waals surface area contributed by atoms with Crippen LogP contribution < -0.4 is 0 Å². The zero-order valence-corrected chi connectivity index (χ0v) is 10.5. The Labute approximate surface area is 107 Å². The maximum absolute atomic E-state index is 12.0. The van der Waals surface area contributed by atoms with Gasteiger partial charge in [0.25, 0.3) is 0 Å². The first-order valence-corrected chi connectivity index (χ1v) is 5.95. The number of rotatable bonds is 3. The first-order chi connectivity index (χ1) is 8.15. The fraction of sp³-hybridized carbons (Fsp3) is 0.133. The summed E-state index contributed by atoms with van der Waals surface area (Å²) in [6, 6.07) is 19.3. The minimum Gasteiger partial charge on any atom is -0.298 e. The molecule has 2 heteroatoms. The Balaban J connectivity index is 2.59. The summed E-state index contributed by atoms with van der Waals surface area (Å²) in [7, 11) is 0. The Morgan fingerprint density at radius 3 is 1.53 bits per heavy atom. The van der Waals surface area contributed by atoms with E-state index in [1.807, 2.05) is 60.7 Å². The molecular weight excluding hydrogens is 228 g/mol. The summed E-state index contributed by atoms with van der Waals surface area (Å²) in [5.41, 5.74) is 1.81. The second kappa shape index (κ2) is 4.76. The number of ketones is 1. The summed E-state index contributed by atoms with van der Waals surface area (Å²) in [5.74, 6) is 0.0261. The predicted octanol–water partition coefficient (Wildman–Crippen LogP) is 3.45. The maximum atomic E-state index is 12.0. The number of Topliss-reactive ketones (excluding diaryl/α,β-unsaturated/α-hetero) is 1. The summed E-state index contributed by atoms with van der Waals surface area (Å²) < 4.78 is -0.859. The van der Waals surface area contributed by atoms with E-state index in [-0.39, 0.29) is 5.78 Å². The topological polar surface area (TPSA) is 17.1 Å².